The molecule has 11 nitrogen and oxygen atoms in total. The Bertz CT molecular complexity index is 1750. The Morgan fingerprint density at radius 1 is 0.392 bits per heavy atom. The van der Waals surface area contributed by atoms with Crippen LogP contribution in [0.1, 0.15) is 201 Å². The normalized spacial score (nSPS) is 14.4. The summed E-state index contributed by atoms with van der Waals surface area (Å²) < 4.78 is 39.3. The lowest BCUT2D eigenvalue weighted by Gasteiger charge is -2.21. The average molecular weight is 1050 g/mol. The number of unbranched alkanes of at least 4 members (excludes halogenated alkanes) is 11. The minimum absolute atomic E-state index is 0.0237. The van der Waals surface area contributed by atoms with Gasteiger partial charge in [-0.25, -0.2) is 4.57 Å². The molecule has 12 heteroatoms. The van der Waals surface area contributed by atoms with Crippen LogP contribution in [0.2, 0.25) is 0 Å². The average Bonchev–Trinajstić information content (AvgIpc) is 3.39. The molecule has 0 aromatic rings. The van der Waals surface area contributed by atoms with Crippen LogP contribution in [-0.4, -0.2) is 66.5 Å². The minimum Gasteiger partial charge on any atom is -0.462 e. The van der Waals surface area contributed by atoms with E-state index >= 15 is 0 Å². The lowest BCUT2D eigenvalue weighted by Crippen LogP contribution is -2.30. The highest BCUT2D eigenvalue weighted by molar-refractivity contribution is 7.47. The molecule has 0 aromatic heterocycles. The first-order chi connectivity index (χ1) is 36.2. The maximum atomic E-state index is 12.9. The predicted octanol–water partition coefficient (Wildman–Crippen LogP) is 16.6. The summed E-state index contributed by atoms with van der Waals surface area (Å²) in [6.45, 7) is 4.23. The molecular formula is C62H99O11P. The Hall–Kier alpha value is -4.38. The van der Waals surface area contributed by atoms with Crippen molar-refractivity contribution in [3.63, 3.8) is 0 Å². The van der Waals surface area contributed by atoms with Gasteiger partial charge in [0.05, 0.1) is 19.8 Å². The Morgan fingerprint density at radius 3 is 1.15 bits per heavy atom. The number of rotatable bonds is 50. The molecule has 0 aromatic carbocycles. The third kappa shape index (κ3) is 52.5. The number of esters is 3. The van der Waals surface area contributed by atoms with Crippen molar-refractivity contribution in [3.8, 4) is 0 Å². The van der Waals surface area contributed by atoms with Crippen molar-refractivity contribution >= 4 is 25.7 Å². The topological polar surface area (TPSA) is 155 Å². The van der Waals surface area contributed by atoms with E-state index in [0.29, 0.717) is 32.1 Å². The minimum atomic E-state index is -4.78. The van der Waals surface area contributed by atoms with Crippen LogP contribution in [0.25, 0.3) is 0 Å². The van der Waals surface area contributed by atoms with Crippen LogP contribution in [0.5, 0.6) is 0 Å². The molecule has 0 aliphatic carbocycles. The number of ether oxygens (including phenoxy) is 3. The summed E-state index contributed by atoms with van der Waals surface area (Å²) in [7, 11) is -4.78. The second-order valence-corrected chi connectivity index (χ2v) is 19.4. The van der Waals surface area contributed by atoms with Gasteiger partial charge in [0.1, 0.15) is 12.7 Å². The van der Waals surface area contributed by atoms with Gasteiger partial charge >= 0.3 is 25.7 Å². The van der Waals surface area contributed by atoms with E-state index < -0.39 is 64.4 Å². The maximum absolute atomic E-state index is 12.9. The quantitative estimate of drug-likeness (QED) is 0.0197. The molecule has 0 rings (SSSR count). The van der Waals surface area contributed by atoms with Crippen LogP contribution in [0.15, 0.2) is 134 Å². The summed E-state index contributed by atoms with van der Waals surface area (Å²) in [5, 5.41) is 9.79. The molecule has 3 unspecified atom stereocenters. The lowest BCUT2D eigenvalue weighted by molar-refractivity contribution is -0.161. The number of hydrogen-bond donors (Lipinski definition) is 2. The number of allylic oxidation sites excluding steroid dienone is 22. The summed E-state index contributed by atoms with van der Waals surface area (Å²) in [6, 6.07) is 0. The second kappa shape index (κ2) is 54.9. The molecule has 418 valence electrons. The Morgan fingerprint density at radius 2 is 0.730 bits per heavy atom. The van der Waals surface area contributed by atoms with Gasteiger partial charge < -0.3 is 24.2 Å². The zero-order valence-electron chi connectivity index (χ0n) is 46.0. The van der Waals surface area contributed by atoms with Crippen molar-refractivity contribution in [1.82, 2.24) is 0 Å². The number of aliphatic hydroxyl groups is 1. The summed E-state index contributed by atoms with van der Waals surface area (Å²) in [6.07, 6.45) is 68.7. The van der Waals surface area contributed by atoms with E-state index in [2.05, 4.69) is 130 Å². The third-order valence-corrected chi connectivity index (χ3v) is 12.0. The first-order valence-corrected chi connectivity index (χ1v) is 29.6. The summed E-state index contributed by atoms with van der Waals surface area (Å²) >= 11 is 0. The van der Waals surface area contributed by atoms with Gasteiger partial charge in [0.25, 0.3) is 0 Å². The molecule has 0 amide bonds. The molecule has 0 bridgehead atoms. The molecule has 3 atom stereocenters. The van der Waals surface area contributed by atoms with Crippen molar-refractivity contribution in [2.75, 3.05) is 26.4 Å². The third-order valence-electron chi connectivity index (χ3n) is 11.1. The standard InChI is InChI=1S/C62H99O11P/c1-4-7-10-13-16-19-22-24-26-28-29-31-33-35-38-41-44-47-50-53-62(66)73-59(55-69-60(64)51-48-45-42-39-37-34-32-30-27-25-23-20-17-14-11-8-5-2)57-71-74(67,68)70-56-58(54-63)72-61(65)52-49-46-43-40-36-21-18-15-12-9-6-3/h7-8,10-11,16-17,19-20,24-27,29,31-32,34-35,38-39,42,44,47,58-59,63H,4-6,9,12-15,18,21-23,28,30,33,36-37,40-41,43,45-46,48-57H2,1-3H3,(H,67,68)/b10-7-,11-8-,19-16-,20-17-,26-24-,27-25-,31-29-,34-32-,38-35-,42-39-,47-44-. The zero-order valence-corrected chi connectivity index (χ0v) is 46.9. The van der Waals surface area contributed by atoms with E-state index in [-0.39, 0.29) is 19.3 Å². The summed E-state index contributed by atoms with van der Waals surface area (Å²) in [5.74, 6) is -1.65. The van der Waals surface area contributed by atoms with Gasteiger partial charge in [-0.1, -0.05) is 219 Å². The first-order valence-electron chi connectivity index (χ1n) is 28.1. The number of carbonyl (C=O) groups excluding carboxylic acids is 3. The number of phosphoric ester groups is 1. The molecule has 0 aliphatic heterocycles. The van der Waals surface area contributed by atoms with Gasteiger partial charge in [-0.05, 0) is 96.3 Å². The van der Waals surface area contributed by atoms with E-state index in [1.807, 2.05) is 24.3 Å². The number of carbonyl (C=O) groups is 3. The van der Waals surface area contributed by atoms with Crippen LogP contribution in [-0.2, 0) is 42.2 Å². The van der Waals surface area contributed by atoms with Gasteiger partial charge in [0.15, 0.2) is 6.10 Å². The van der Waals surface area contributed by atoms with Gasteiger partial charge in [0.2, 0.25) is 0 Å². The Labute approximate surface area is 449 Å². The first kappa shape index (κ1) is 69.6. The van der Waals surface area contributed by atoms with Gasteiger partial charge in [-0.3, -0.25) is 23.4 Å². The summed E-state index contributed by atoms with van der Waals surface area (Å²) in [4.78, 5) is 48.4. The van der Waals surface area contributed by atoms with Gasteiger partial charge in [-0.2, -0.15) is 0 Å². The SMILES string of the molecule is CC/C=C\C/C=C\C/C=C\C/C=C\C/C=C\C/C=C\CCC(=O)OC(COC(=O)CCC/C=C\C/C=C\C/C=C\C/C=C\C/C=C\CC)COP(=O)(O)OCC(CO)OC(=O)CCCCCCCCCCCCC. The van der Waals surface area contributed by atoms with Crippen LogP contribution in [0, 0.1) is 0 Å². The molecule has 0 spiro atoms. The van der Waals surface area contributed by atoms with E-state index in [1.165, 1.54) is 44.9 Å². The predicted molar refractivity (Wildman–Crippen MR) is 306 cm³/mol. The largest absolute Gasteiger partial charge is 0.472 e. The van der Waals surface area contributed by atoms with Crippen molar-refractivity contribution < 1.29 is 52.2 Å². The smallest absolute Gasteiger partial charge is 0.462 e. The fourth-order valence-electron chi connectivity index (χ4n) is 6.89. The summed E-state index contributed by atoms with van der Waals surface area (Å²) in [5.41, 5.74) is 0. The highest BCUT2D eigenvalue weighted by Crippen LogP contribution is 2.43. The molecule has 74 heavy (non-hydrogen) atoms. The number of phosphoric acid groups is 1. The molecule has 0 saturated carbocycles. The Kier molecular flexibility index (Phi) is 51.6. The maximum Gasteiger partial charge on any atom is 0.472 e. The lowest BCUT2D eigenvalue weighted by atomic mass is 10.1. The fraction of sp³-hybridized carbons (Fsp3) is 0.597. The number of aliphatic hydroxyl groups excluding tert-OH is 1. The van der Waals surface area contributed by atoms with Gasteiger partial charge in [0, 0.05) is 19.3 Å². The van der Waals surface area contributed by atoms with Crippen molar-refractivity contribution in [2.24, 2.45) is 0 Å². The highest BCUT2D eigenvalue weighted by Gasteiger charge is 2.28. The van der Waals surface area contributed by atoms with E-state index in [1.54, 1.807) is 0 Å². The molecule has 0 fully saturated rings. The van der Waals surface area contributed by atoms with Crippen LogP contribution in [0.4, 0.5) is 0 Å². The van der Waals surface area contributed by atoms with Crippen molar-refractivity contribution in [3.05, 3.63) is 134 Å². The molecule has 0 aliphatic rings. The highest BCUT2D eigenvalue weighted by atomic mass is 31.2. The van der Waals surface area contributed by atoms with Crippen LogP contribution < -0.4 is 0 Å². The van der Waals surface area contributed by atoms with Crippen LogP contribution in [0.3, 0.4) is 0 Å². The van der Waals surface area contributed by atoms with E-state index in [4.69, 9.17) is 23.3 Å². The van der Waals surface area contributed by atoms with Gasteiger partial charge in [-0.15, -0.1) is 0 Å². The zero-order chi connectivity index (χ0) is 54.1. The molecule has 0 radical (unpaired) electrons. The monoisotopic (exact) mass is 1050 g/mol. The second-order valence-electron chi connectivity index (χ2n) is 18.0. The Balaban J connectivity index is 4.96. The molecule has 2 N–H and O–H groups in total. The molecular weight excluding hydrogens is 952 g/mol. The van der Waals surface area contributed by atoms with Crippen LogP contribution >= 0.6 is 7.82 Å². The molecule has 0 heterocycles. The van der Waals surface area contributed by atoms with Crippen molar-refractivity contribution in [1.29, 1.82) is 0 Å². The molecule has 0 saturated heterocycles. The van der Waals surface area contributed by atoms with E-state index in [9.17, 15) is 28.9 Å². The fourth-order valence-corrected chi connectivity index (χ4v) is 7.67. The van der Waals surface area contributed by atoms with E-state index in [0.717, 1.165) is 83.5 Å². The number of hydrogen-bond acceptors (Lipinski definition) is 10. The van der Waals surface area contributed by atoms with Crippen molar-refractivity contribution in [2.45, 2.75) is 213 Å².